The molecule has 0 bridgehead atoms. The summed E-state index contributed by atoms with van der Waals surface area (Å²) in [5.74, 6) is 0. The second-order valence-corrected chi connectivity index (χ2v) is 6.56. The lowest BCUT2D eigenvalue weighted by Gasteiger charge is -2.34. The lowest BCUT2D eigenvalue weighted by Crippen LogP contribution is -2.46. The number of halogens is 1. The fourth-order valence-electron chi connectivity index (χ4n) is 2.43. The Morgan fingerprint density at radius 1 is 1.25 bits per heavy atom. The van der Waals surface area contributed by atoms with E-state index in [-0.39, 0.29) is 0 Å². The van der Waals surface area contributed by atoms with Gasteiger partial charge in [-0.05, 0) is 27.6 Å². The van der Waals surface area contributed by atoms with Crippen LogP contribution in [0, 0.1) is 0 Å². The zero-order valence-electron chi connectivity index (χ0n) is 11.1. The third-order valence-electron chi connectivity index (χ3n) is 3.56. The Morgan fingerprint density at radius 2 is 2.05 bits per heavy atom. The van der Waals surface area contributed by atoms with Crippen molar-refractivity contribution in [2.24, 2.45) is 0 Å². The average molecular weight is 353 g/mol. The van der Waals surface area contributed by atoms with Gasteiger partial charge in [-0.2, -0.15) is 0 Å². The number of piperazine rings is 1. The van der Waals surface area contributed by atoms with E-state index in [2.05, 4.69) is 36.8 Å². The highest BCUT2D eigenvalue weighted by atomic mass is 79.9. The highest BCUT2D eigenvalue weighted by Crippen LogP contribution is 2.26. The molecule has 0 unspecified atom stereocenters. The van der Waals surface area contributed by atoms with Gasteiger partial charge >= 0.3 is 0 Å². The van der Waals surface area contributed by atoms with Crippen LogP contribution >= 0.6 is 27.3 Å². The predicted octanol–water partition coefficient (Wildman–Crippen LogP) is 2.81. The molecule has 2 heterocycles. The van der Waals surface area contributed by atoms with Crippen molar-refractivity contribution in [1.29, 1.82) is 0 Å². The molecule has 3 rings (SSSR count). The molecule has 0 amide bonds. The number of rotatable bonds is 3. The third kappa shape index (κ3) is 2.97. The first-order chi connectivity index (χ1) is 9.74. The van der Waals surface area contributed by atoms with E-state index >= 15 is 0 Å². The summed E-state index contributed by atoms with van der Waals surface area (Å²) in [5, 5.41) is 3.17. The van der Waals surface area contributed by atoms with Crippen molar-refractivity contribution in [1.82, 2.24) is 9.88 Å². The SMILES string of the molecule is Nc1cccc(CN2CCN(c3nccs3)CC2)c1Br. The second-order valence-electron chi connectivity index (χ2n) is 4.90. The van der Waals surface area contributed by atoms with Crippen molar-refractivity contribution in [2.75, 3.05) is 36.8 Å². The average Bonchev–Trinajstić information content (AvgIpc) is 2.99. The van der Waals surface area contributed by atoms with Crippen LogP contribution in [0.3, 0.4) is 0 Å². The van der Waals surface area contributed by atoms with E-state index in [1.54, 1.807) is 11.3 Å². The maximum Gasteiger partial charge on any atom is 0.185 e. The van der Waals surface area contributed by atoms with Crippen molar-refractivity contribution < 1.29 is 0 Å². The minimum atomic E-state index is 0.809. The number of thiazole rings is 1. The molecule has 1 aliphatic rings. The van der Waals surface area contributed by atoms with Gasteiger partial charge in [-0.15, -0.1) is 11.3 Å². The highest BCUT2D eigenvalue weighted by molar-refractivity contribution is 9.10. The third-order valence-corrected chi connectivity index (χ3v) is 5.36. The van der Waals surface area contributed by atoms with Crippen molar-refractivity contribution in [3.63, 3.8) is 0 Å². The summed E-state index contributed by atoms with van der Waals surface area (Å²) in [4.78, 5) is 9.20. The number of nitrogen functional groups attached to an aromatic ring is 1. The fourth-order valence-corrected chi connectivity index (χ4v) is 3.52. The Hall–Kier alpha value is -1.11. The molecule has 4 nitrogen and oxygen atoms in total. The maximum absolute atomic E-state index is 5.93. The van der Waals surface area contributed by atoms with Crippen molar-refractivity contribution in [3.8, 4) is 0 Å². The summed E-state index contributed by atoms with van der Waals surface area (Å²) < 4.78 is 1.03. The summed E-state index contributed by atoms with van der Waals surface area (Å²) in [7, 11) is 0. The summed E-state index contributed by atoms with van der Waals surface area (Å²) in [6, 6.07) is 6.07. The Bertz CT molecular complexity index is 565. The summed E-state index contributed by atoms with van der Waals surface area (Å²) in [6.45, 7) is 5.12. The van der Waals surface area contributed by atoms with Gasteiger partial charge in [0.1, 0.15) is 0 Å². The molecular formula is C14H17BrN4S. The molecule has 0 radical (unpaired) electrons. The zero-order valence-corrected chi connectivity index (χ0v) is 13.5. The van der Waals surface area contributed by atoms with Gasteiger partial charge in [-0.25, -0.2) is 4.98 Å². The molecule has 0 aliphatic carbocycles. The van der Waals surface area contributed by atoms with Crippen LogP contribution in [-0.2, 0) is 6.54 Å². The van der Waals surface area contributed by atoms with Gasteiger partial charge in [0.15, 0.2) is 5.13 Å². The molecule has 1 saturated heterocycles. The standard InChI is InChI=1S/C14H17BrN4S/c15-13-11(2-1-3-12(13)16)10-18-5-7-19(8-6-18)14-17-4-9-20-14/h1-4,9H,5-8,10,16H2. The van der Waals surface area contributed by atoms with Crippen molar-refractivity contribution >= 4 is 38.1 Å². The van der Waals surface area contributed by atoms with Gasteiger partial charge < -0.3 is 10.6 Å². The molecule has 0 atom stereocenters. The Labute approximate surface area is 131 Å². The minimum absolute atomic E-state index is 0.809. The molecule has 0 spiro atoms. The van der Waals surface area contributed by atoms with Crippen LogP contribution < -0.4 is 10.6 Å². The molecule has 2 aromatic rings. The van der Waals surface area contributed by atoms with Gasteiger partial charge in [-0.1, -0.05) is 12.1 Å². The van der Waals surface area contributed by atoms with Crippen LogP contribution in [0.15, 0.2) is 34.2 Å². The number of nitrogens with two attached hydrogens (primary N) is 1. The van der Waals surface area contributed by atoms with E-state index in [1.807, 2.05) is 23.7 Å². The molecular weight excluding hydrogens is 336 g/mol. The number of aromatic nitrogens is 1. The second kappa shape index (κ2) is 6.11. The number of anilines is 2. The van der Waals surface area contributed by atoms with Crippen molar-refractivity contribution in [3.05, 3.63) is 39.8 Å². The van der Waals surface area contributed by atoms with E-state index in [4.69, 9.17) is 5.73 Å². The topological polar surface area (TPSA) is 45.4 Å². The van der Waals surface area contributed by atoms with Gasteiger partial charge in [0.25, 0.3) is 0 Å². The molecule has 1 aromatic heterocycles. The Balaban J connectivity index is 1.60. The van der Waals surface area contributed by atoms with E-state index < -0.39 is 0 Å². The molecule has 0 saturated carbocycles. The number of hydrogen-bond acceptors (Lipinski definition) is 5. The van der Waals surface area contributed by atoms with Gasteiger partial charge in [0, 0.05) is 54.5 Å². The van der Waals surface area contributed by atoms with Crippen LogP contribution in [0.25, 0.3) is 0 Å². The number of benzene rings is 1. The molecule has 2 N–H and O–H groups in total. The van der Waals surface area contributed by atoms with E-state index in [1.165, 1.54) is 5.56 Å². The molecule has 20 heavy (non-hydrogen) atoms. The first kappa shape index (κ1) is 13.9. The molecule has 1 aromatic carbocycles. The van der Waals surface area contributed by atoms with Crippen LogP contribution in [0.4, 0.5) is 10.8 Å². The van der Waals surface area contributed by atoms with E-state index in [9.17, 15) is 0 Å². The fraction of sp³-hybridized carbons (Fsp3) is 0.357. The Kier molecular flexibility index (Phi) is 4.24. The van der Waals surface area contributed by atoms with Gasteiger partial charge in [0.2, 0.25) is 0 Å². The first-order valence-corrected chi connectivity index (χ1v) is 8.31. The van der Waals surface area contributed by atoms with E-state index in [0.717, 1.165) is 48.0 Å². The van der Waals surface area contributed by atoms with Crippen molar-refractivity contribution in [2.45, 2.75) is 6.54 Å². The normalized spacial score (nSPS) is 16.6. The quantitative estimate of drug-likeness (QED) is 0.862. The minimum Gasteiger partial charge on any atom is -0.398 e. The summed E-state index contributed by atoms with van der Waals surface area (Å²) in [5.41, 5.74) is 8.00. The number of hydrogen-bond donors (Lipinski definition) is 1. The van der Waals surface area contributed by atoms with Gasteiger partial charge in [-0.3, -0.25) is 4.90 Å². The van der Waals surface area contributed by atoms with Crippen LogP contribution in [0.5, 0.6) is 0 Å². The zero-order chi connectivity index (χ0) is 13.9. The van der Waals surface area contributed by atoms with Crippen LogP contribution in [-0.4, -0.2) is 36.1 Å². The number of nitrogens with zero attached hydrogens (tertiary/aromatic N) is 3. The molecule has 1 fully saturated rings. The molecule has 1 aliphatic heterocycles. The lowest BCUT2D eigenvalue weighted by molar-refractivity contribution is 0.249. The van der Waals surface area contributed by atoms with Crippen LogP contribution in [0.1, 0.15) is 5.56 Å². The monoisotopic (exact) mass is 352 g/mol. The first-order valence-electron chi connectivity index (χ1n) is 6.63. The summed E-state index contributed by atoms with van der Waals surface area (Å²) >= 11 is 5.29. The lowest BCUT2D eigenvalue weighted by atomic mass is 10.2. The van der Waals surface area contributed by atoms with E-state index in [0.29, 0.717) is 0 Å². The highest BCUT2D eigenvalue weighted by Gasteiger charge is 2.19. The largest absolute Gasteiger partial charge is 0.398 e. The van der Waals surface area contributed by atoms with Gasteiger partial charge in [0.05, 0.1) is 0 Å². The summed E-state index contributed by atoms with van der Waals surface area (Å²) in [6.07, 6.45) is 1.87. The molecule has 106 valence electrons. The van der Waals surface area contributed by atoms with Crippen LogP contribution in [0.2, 0.25) is 0 Å². The predicted molar refractivity (Wildman–Crippen MR) is 88.2 cm³/mol. The Morgan fingerprint density at radius 3 is 2.75 bits per heavy atom. The smallest absolute Gasteiger partial charge is 0.185 e. The molecule has 6 heteroatoms. The maximum atomic E-state index is 5.93.